The Morgan fingerprint density at radius 3 is 2.15 bits per heavy atom. The van der Waals surface area contributed by atoms with Crippen molar-refractivity contribution in [2.75, 3.05) is 0 Å². The van der Waals surface area contributed by atoms with E-state index < -0.39 is 23.6 Å². The predicted octanol–water partition coefficient (Wildman–Crippen LogP) is 5.15. The molecule has 1 aromatic rings. The van der Waals surface area contributed by atoms with Gasteiger partial charge in [-0.2, -0.15) is 17.6 Å². The molecule has 0 radical (unpaired) electrons. The molecule has 0 aromatic heterocycles. The van der Waals surface area contributed by atoms with Crippen LogP contribution < -0.4 is 0 Å². The number of hydrogen-bond donors (Lipinski definition) is 2. The van der Waals surface area contributed by atoms with Gasteiger partial charge in [-0.25, -0.2) is 0 Å². The smallest absolute Gasteiger partial charge is 0.348 e. The maximum absolute atomic E-state index is 14.3. The summed E-state index contributed by atoms with van der Waals surface area (Å²) in [6.07, 6.45) is 5.17. The maximum atomic E-state index is 14.3. The first-order valence-electron chi connectivity index (χ1n) is 9.59. The Balaban J connectivity index is 1.80. The van der Waals surface area contributed by atoms with Crippen LogP contribution in [0.3, 0.4) is 0 Å². The second-order valence-electron chi connectivity index (χ2n) is 7.90. The van der Waals surface area contributed by atoms with E-state index in [4.69, 9.17) is 0 Å². The fourth-order valence-corrected chi connectivity index (χ4v) is 4.38. The van der Waals surface area contributed by atoms with Crippen LogP contribution in [0, 0.1) is 5.92 Å². The van der Waals surface area contributed by atoms with Crippen molar-refractivity contribution in [1.29, 1.82) is 0 Å². The van der Waals surface area contributed by atoms with Crippen LogP contribution in [0.2, 0.25) is 0 Å². The number of aliphatic hydroxyl groups excluding tert-OH is 1. The highest BCUT2D eigenvalue weighted by molar-refractivity contribution is 5.38. The third-order valence-electron chi connectivity index (χ3n) is 6.15. The zero-order valence-electron chi connectivity index (χ0n) is 15.3. The second kappa shape index (κ2) is 7.21. The van der Waals surface area contributed by atoms with Crippen molar-refractivity contribution in [3.63, 3.8) is 0 Å². The summed E-state index contributed by atoms with van der Waals surface area (Å²) in [6.45, 7) is 2.17. The van der Waals surface area contributed by atoms with Crippen molar-refractivity contribution < 1.29 is 27.8 Å². The molecule has 0 saturated heterocycles. The molecule has 1 aromatic carbocycles. The molecule has 1 fully saturated rings. The SMILES string of the molecule is CCCC1CCC(c2ccc(C3(O)C=CC(O)C(F)(F)C3(F)F)cc2)CC1. The molecule has 2 aliphatic rings. The van der Waals surface area contributed by atoms with Crippen molar-refractivity contribution >= 4 is 0 Å². The summed E-state index contributed by atoms with van der Waals surface area (Å²) in [5.41, 5.74) is -2.49. The van der Waals surface area contributed by atoms with Crippen molar-refractivity contribution in [2.24, 2.45) is 5.92 Å². The van der Waals surface area contributed by atoms with Crippen LogP contribution in [0.1, 0.15) is 62.5 Å². The van der Waals surface area contributed by atoms with Crippen LogP contribution >= 0.6 is 0 Å². The predicted molar refractivity (Wildman–Crippen MR) is 95.0 cm³/mol. The van der Waals surface area contributed by atoms with E-state index in [0.29, 0.717) is 18.1 Å². The monoisotopic (exact) mass is 386 g/mol. The van der Waals surface area contributed by atoms with Gasteiger partial charge in [-0.15, -0.1) is 0 Å². The van der Waals surface area contributed by atoms with Gasteiger partial charge in [-0.1, -0.05) is 50.1 Å². The number of benzene rings is 1. The van der Waals surface area contributed by atoms with E-state index in [1.807, 2.05) is 0 Å². The molecule has 0 spiro atoms. The van der Waals surface area contributed by atoms with E-state index in [0.717, 1.165) is 37.2 Å². The first kappa shape index (κ1) is 20.3. The molecular weight excluding hydrogens is 360 g/mol. The fourth-order valence-electron chi connectivity index (χ4n) is 4.38. The lowest BCUT2D eigenvalue weighted by atomic mass is 9.75. The molecule has 0 bridgehead atoms. The maximum Gasteiger partial charge on any atom is 0.348 e. The zero-order chi connectivity index (χ0) is 19.9. The molecule has 150 valence electrons. The molecule has 27 heavy (non-hydrogen) atoms. The highest BCUT2D eigenvalue weighted by Crippen LogP contribution is 2.53. The summed E-state index contributed by atoms with van der Waals surface area (Å²) in [4.78, 5) is 0. The normalized spacial score (nSPS) is 35.1. The number of halogens is 4. The van der Waals surface area contributed by atoms with Crippen molar-refractivity contribution in [1.82, 2.24) is 0 Å². The fraction of sp³-hybridized carbons (Fsp3) is 0.619. The van der Waals surface area contributed by atoms with Crippen LogP contribution in [-0.2, 0) is 5.60 Å². The van der Waals surface area contributed by atoms with Crippen LogP contribution in [0.4, 0.5) is 17.6 Å². The average molecular weight is 386 g/mol. The first-order valence-corrected chi connectivity index (χ1v) is 9.59. The standard InChI is InChI=1S/C21H26F4O2/c1-2-3-14-4-6-15(7-5-14)16-8-10-17(11-9-16)19(27)13-12-18(26)20(22,23)21(19,24)25/h8-15,18,26-27H,2-7H2,1H3. The summed E-state index contributed by atoms with van der Waals surface area (Å²) in [5, 5.41) is 19.6. The van der Waals surface area contributed by atoms with Gasteiger partial charge in [-0.3, -0.25) is 0 Å². The Labute approximate surface area is 156 Å². The minimum absolute atomic E-state index is 0.307. The first-order chi connectivity index (χ1) is 12.6. The molecule has 2 nitrogen and oxygen atoms in total. The minimum Gasteiger partial charge on any atom is -0.382 e. The molecule has 2 aliphatic carbocycles. The molecule has 1 saturated carbocycles. The molecule has 2 atom stereocenters. The largest absolute Gasteiger partial charge is 0.382 e. The molecule has 0 aliphatic heterocycles. The topological polar surface area (TPSA) is 40.5 Å². The summed E-state index contributed by atoms with van der Waals surface area (Å²) in [7, 11) is 0. The molecule has 2 unspecified atom stereocenters. The van der Waals surface area contributed by atoms with Crippen LogP contribution in [-0.4, -0.2) is 28.2 Å². The quantitative estimate of drug-likeness (QED) is 0.555. The summed E-state index contributed by atoms with van der Waals surface area (Å²) in [5.74, 6) is -8.51. The number of rotatable bonds is 4. The van der Waals surface area contributed by atoms with E-state index in [9.17, 15) is 27.8 Å². The van der Waals surface area contributed by atoms with Crippen LogP contribution in [0.5, 0.6) is 0 Å². The van der Waals surface area contributed by atoms with Gasteiger partial charge in [0, 0.05) is 0 Å². The molecule has 0 heterocycles. The van der Waals surface area contributed by atoms with Gasteiger partial charge in [0.1, 0.15) is 6.10 Å². The Bertz CT molecular complexity index is 678. The van der Waals surface area contributed by atoms with E-state index in [1.54, 1.807) is 12.1 Å². The van der Waals surface area contributed by atoms with Crippen molar-refractivity contribution in [2.45, 2.75) is 74.9 Å². The number of aliphatic hydroxyl groups is 2. The lowest BCUT2D eigenvalue weighted by Gasteiger charge is -2.42. The van der Waals surface area contributed by atoms with Gasteiger partial charge in [0.05, 0.1) is 0 Å². The van der Waals surface area contributed by atoms with Gasteiger partial charge >= 0.3 is 11.8 Å². The molecule has 6 heteroatoms. The van der Waals surface area contributed by atoms with Gasteiger partial charge < -0.3 is 10.2 Å². The van der Waals surface area contributed by atoms with Gasteiger partial charge in [0.2, 0.25) is 0 Å². The Morgan fingerprint density at radius 2 is 1.59 bits per heavy atom. The van der Waals surface area contributed by atoms with Crippen LogP contribution in [0.25, 0.3) is 0 Å². The summed E-state index contributed by atoms with van der Waals surface area (Å²) >= 11 is 0. The van der Waals surface area contributed by atoms with Gasteiger partial charge in [-0.05, 0) is 54.7 Å². The Morgan fingerprint density at radius 1 is 1.00 bits per heavy atom. The lowest BCUT2D eigenvalue weighted by molar-refractivity contribution is -0.310. The van der Waals surface area contributed by atoms with E-state index in [1.165, 1.54) is 25.0 Å². The molecule has 2 N–H and O–H groups in total. The highest BCUT2D eigenvalue weighted by atomic mass is 19.3. The minimum atomic E-state index is -4.83. The Hall–Kier alpha value is -1.40. The third-order valence-corrected chi connectivity index (χ3v) is 6.15. The summed E-state index contributed by atoms with van der Waals surface area (Å²) < 4.78 is 56.3. The van der Waals surface area contributed by atoms with Gasteiger partial charge in [0.15, 0.2) is 5.60 Å². The molecular formula is C21H26F4O2. The number of alkyl halides is 4. The van der Waals surface area contributed by atoms with E-state index >= 15 is 0 Å². The van der Waals surface area contributed by atoms with Gasteiger partial charge in [0.25, 0.3) is 0 Å². The Kier molecular flexibility index (Phi) is 5.43. The van der Waals surface area contributed by atoms with Crippen molar-refractivity contribution in [3.8, 4) is 0 Å². The zero-order valence-corrected chi connectivity index (χ0v) is 15.3. The van der Waals surface area contributed by atoms with Crippen molar-refractivity contribution in [3.05, 3.63) is 47.5 Å². The second-order valence-corrected chi connectivity index (χ2v) is 7.90. The molecule has 0 amide bonds. The van der Waals surface area contributed by atoms with Crippen LogP contribution in [0.15, 0.2) is 36.4 Å². The lowest BCUT2D eigenvalue weighted by Crippen LogP contribution is -2.62. The van der Waals surface area contributed by atoms with E-state index in [2.05, 4.69) is 6.92 Å². The molecule has 3 rings (SSSR count). The number of hydrogen-bond acceptors (Lipinski definition) is 2. The highest BCUT2D eigenvalue weighted by Gasteiger charge is 2.72. The average Bonchev–Trinajstić information content (AvgIpc) is 2.65. The summed E-state index contributed by atoms with van der Waals surface area (Å²) in [6, 6.07) is 5.87. The third kappa shape index (κ3) is 3.31. The van der Waals surface area contributed by atoms with E-state index in [-0.39, 0.29) is 5.56 Å².